The van der Waals surface area contributed by atoms with Crippen LogP contribution in [0.15, 0.2) is 78.0 Å². The Morgan fingerprint density at radius 1 is 1.13 bits per heavy atom. The molecule has 1 aliphatic rings. The van der Waals surface area contributed by atoms with E-state index in [9.17, 15) is 4.79 Å². The number of rotatable bonds is 6. The SMILES string of the molecule is COc1ccccc1CN1C(=NCc2cccnc2)Nc2ccccc2C1OC(C)=O. The third-order valence-electron chi connectivity index (χ3n) is 4.97. The third kappa shape index (κ3) is 4.66. The van der Waals surface area contributed by atoms with Crippen molar-refractivity contribution in [3.63, 3.8) is 0 Å². The molecule has 3 aromatic rings. The first-order valence-electron chi connectivity index (χ1n) is 10.0. The quantitative estimate of drug-likeness (QED) is 0.609. The maximum absolute atomic E-state index is 12.0. The molecular weight excluding hydrogens is 392 g/mol. The molecule has 1 unspecified atom stereocenters. The molecule has 0 amide bonds. The summed E-state index contributed by atoms with van der Waals surface area (Å²) in [6.07, 6.45) is 2.90. The summed E-state index contributed by atoms with van der Waals surface area (Å²) in [6.45, 7) is 2.29. The fraction of sp³-hybridized carbons (Fsp3) is 0.208. The first-order valence-corrected chi connectivity index (χ1v) is 10.0. The van der Waals surface area contributed by atoms with Crippen LogP contribution < -0.4 is 10.1 Å². The summed E-state index contributed by atoms with van der Waals surface area (Å²) in [6, 6.07) is 19.4. The number of esters is 1. The molecule has 0 fully saturated rings. The Morgan fingerprint density at radius 3 is 2.71 bits per heavy atom. The normalized spacial score (nSPS) is 16.4. The highest BCUT2D eigenvalue weighted by Crippen LogP contribution is 2.36. The van der Waals surface area contributed by atoms with Crippen LogP contribution in [0.4, 0.5) is 5.69 Å². The van der Waals surface area contributed by atoms with Crippen molar-refractivity contribution in [1.82, 2.24) is 9.88 Å². The predicted octanol–water partition coefficient (Wildman–Crippen LogP) is 4.14. The van der Waals surface area contributed by atoms with Gasteiger partial charge in [-0.05, 0) is 23.8 Å². The highest BCUT2D eigenvalue weighted by Gasteiger charge is 2.33. The number of pyridine rings is 1. The van der Waals surface area contributed by atoms with Gasteiger partial charge in [0.05, 0.1) is 20.2 Å². The lowest BCUT2D eigenvalue weighted by Gasteiger charge is -2.39. The third-order valence-corrected chi connectivity index (χ3v) is 4.97. The molecule has 7 nitrogen and oxygen atoms in total. The number of nitrogens with one attached hydrogen (secondary N) is 1. The van der Waals surface area contributed by atoms with Crippen LogP contribution in [-0.2, 0) is 22.6 Å². The average Bonchev–Trinajstić information content (AvgIpc) is 2.80. The lowest BCUT2D eigenvalue weighted by molar-refractivity contribution is -0.154. The van der Waals surface area contributed by atoms with E-state index in [1.54, 1.807) is 19.5 Å². The van der Waals surface area contributed by atoms with Crippen molar-refractivity contribution in [2.24, 2.45) is 4.99 Å². The minimum atomic E-state index is -0.618. The zero-order valence-corrected chi connectivity index (χ0v) is 17.5. The number of para-hydroxylation sites is 2. The van der Waals surface area contributed by atoms with E-state index < -0.39 is 6.23 Å². The van der Waals surface area contributed by atoms with Crippen molar-refractivity contribution in [2.45, 2.75) is 26.2 Å². The lowest BCUT2D eigenvalue weighted by atomic mass is 10.1. The van der Waals surface area contributed by atoms with Crippen molar-refractivity contribution in [3.05, 3.63) is 89.7 Å². The molecule has 1 N–H and O–H groups in total. The molecule has 0 bridgehead atoms. The zero-order chi connectivity index (χ0) is 21.6. The van der Waals surface area contributed by atoms with Crippen LogP contribution in [0, 0.1) is 0 Å². The van der Waals surface area contributed by atoms with Gasteiger partial charge < -0.3 is 14.8 Å². The number of methoxy groups -OCH3 is 1. The monoisotopic (exact) mass is 416 g/mol. The molecule has 0 saturated carbocycles. The summed E-state index contributed by atoms with van der Waals surface area (Å²) in [5.74, 6) is 1.01. The topological polar surface area (TPSA) is 76.1 Å². The number of anilines is 1. The number of aromatic nitrogens is 1. The Hall–Kier alpha value is -3.87. The van der Waals surface area contributed by atoms with E-state index in [-0.39, 0.29) is 5.97 Å². The van der Waals surface area contributed by atoms with Gasteiger partial charge in [-0.2, -0.15) is 0 Å². The van der Waals surface area contributed by atoms with Crippen LogP contribution >= 0.6 is 0 Å². The maximum Gasteiger partial charge on any atom is 0.304 e. The van der Waals surface area contributed by atoms with Gasteiger partial charge >= 0.3 is 5.97 Å². The van der Waals surface area contributed by atoms with Gasteiger partial charge in [-0.1, -0.05) is 42.5 Å². The van der Waals surface area contributed by atoms with Gasteiger partial charge in [-0.15, -0.1) is 0 Å². The molecule has 0 aliphatic carbocycles. The number of aliphatic imine (C=N–C) groups is 1. The summed E-state index contributed by atoms with van der Waals surface area (Å²) in [7, 11) is 1.64. The number of fused-ring (bicyclic) bond motifs is 1. The van der Waals surface area contributed by atoms with E-state index in [2.05, 4.69) is 10.3 Å². The molecule has 0 radical (unpaired) electrons. The van der Waals surface area contributed by atoms with Crippen LogP contribution in [0.25, 0.3) is 0 Å². The molecule has 31 heavy (non-hydrogen) atoms. The number of nitrogens with zero attached hydrogens (tertiary/aromatic N) is 3. The Kier molecular flexibility index (Phi) is 6.12. The Balaban J connectivity index is 1.76. The van der Waals surface area contributed by atoms with Crippen molar-refractivity contribution in [1.29, 1.82) is 0 Å². The molecule has 0 saturated heterocycles. The van der Waals surface area contributed by atoms with Gasteiger partial charge in [0.15, 0.2) is 0 Å². The fourth-order valence-electron chi connectivity index (χ4n) is 3.54. The fourth-order valence-corrected chi connectivity index (χ4v) is 3.54. The number of guanidine groups is 1. The van der Waals surface area contributed by atoms with E-state index in [0.29, 0.717) is 19.0 Å². The first kappa shape index (κ1) is 20.4. The molecule has 1 aliphatic heterocycles. The van der Waals surface area contributed by atoms with Crippen LogP contribution in [0.3, 0.4) is 0 Å². The minimum absolute atomic E-state index is 0.363. The van der Waals surface area contributed by atoms with Gasteiger partial charge in [0, 0.05) is 36.1 Å². The number of ether oxygens (including phenoxy) is 2. The number of hydrogen-bond donors (Lipinski definition) is 1. The van der Waals surface area contributed by atoms with Gasteiger partial charge in [-0.25, -0.2) is 4.99 Å². The van der Waals surface area contributed by atoms with Crippen molar-refractivity contribution < 1.29 is 14.3 Å². The van der Waals surface area contributed by atoms with Gasteiger partial charge in [-0.3, -0.25) is 14.7 Å². The van der Waals surface area contributed by atoms with Crippen LogP contribution in [0.1, 0.15) is 29.8 Å². The van der Waals surface area contributed by atoms with Crippen LogP contribution in [0.2, 0.25) is 0 Å². The second-order valence-corrected chi connectivity index (χ2v) is 7.11. The van der Waals surface area contributed by atoms with Gasteiger partial charge in [0.25, 0.3) is 0 Å². The summed E-state index contributed by atoms with van der Waals surface area (Å²) in [5, 5.41) is 3.40. The maximum atomic E-state index is 12.0. The number of hydrogen-bond acceptors (Lipinski definition) is 5. The largest absolute Gasteiger partial charge is 0.496 e. The van der Waals surface area contributed by atoms with Crippen molar-refractivity contribution >= 4 is 17.6 Å². The van der Waals surface area contributed by atoms with E-state index in [4.69, 9.17) is 14.5 Å². The summed E-state index contributed by atoms with van der Waals surface area (Å²) in [5.41, 5.74) is 3.66. The Morgan fingerprint density at radius 2 is 1.94 bits per heavy atom. The second kappa shape index (κ2) is 9.30. The molecule has 1 aromatic heterocycles. The highest BCUT2D eigenvalue weighted by molar-refractivity contribution is 5.97. The molecule has 0 spiro atoms. The number of carbonyl (C=O) groups is 1. The molecule has 158 valence electrons. The smallest absolute Gasteiger partial charge is 0.304 e. The molecule has 7 heteroatoms. The summed E-state index contributed by atoms with van der Waals surface area (Å²) < 4.78 is 11.3. The average molecular weight is 416 g/mol. The van der Waals surface area contributed by atoms with E-state index in [1.807, 2.05) is 65.6 Å². The van der Waals surface area contributed by atoms with E-state index in [0.717, 1.165) is 28.1 Å². The number of carbonyl (C=O) groups excluding carboxylic acids is 1. The summed E-state index contributed by atoms with van der Waals surface area (Å²) in [4.78, 5) is 22.9. The first-order chi connectivity index (χ1) is 15.2. The standard InChI is InChI=1S/C24H24N4O3/c1-17(29)31-23-20-10-4-5-11-21(20)27-24(26-15-18-8-7-13-25-14-18)28(23)16-19-9-3-6-12-22(19)30-2/h3-14,23H,15-16H2,1-2H3,(H,26,27). The van der Waals surface area contributed by atoms with E-state index >= 15 is 0 Å². The highest BCUT2D eigenvalue weighted by atomic mass is 16.6. The Bertz CT molecular complexity index is 1080. The summed E-state index contributed by atoms with van der Waals surface area (Å²) >= 11 is 0. The number of benzene rings is 2. The Labute approximate surface area is 181 Å². The van der Waals surface area contributed by atoms with Crippen molar-refractivity contribution in [2.75, 3.05) is 12.4 Å². The molecule has 4 rings (SSSR count). The molecule has 1 atom stereocenters. The van der Waals surface area contributed by atoms with Crippen molar-refractivity contribution in [3.8, 4) is 5.75 Å². The van der Waals surface area contributed by atoms with Crippen LogP contribution in [-0.4, -0.2) is 28.9 Å². The molecule has 2 aromatic carbocycles. The zero-order valence-electron chi connectivity index (χ0n) is 17.5. The second-order valence-electron chi connectivity index (χ2n) is 7.11. The molecule has 2 heterocycles. The lowest BCUT2D eigenvalue weighted by Crippen LogP contribution is -2.44. The van der Waals surface area contributed by atoms with Crippen LogP contribution in [0.5, 0.6) is 5.75 Å². The van der Waals surface area contributed by atoms with E-state index in [1.165, 1.54) is 6.92 Å². The van der Waals surface area contributed by atoms with Gasteiger partial charge in [0.2, 0.25) is 12.2 Å². The van der Waals surface area contributed by atoms with Gasteiger partial charge in [0.1, 0.15) is 5.75 Å². The molecular formula is C24H24N4O3. The minimum Gasteiger partial charge on any atom is -0.496 e. The predicted molar refractivity (Wildman–Crippen MR) is 118 cm³/mol.